The maximum atomic E-state index is 13.5. The van der Waals surface area contributed by atoms with Gasteiger partial charge in [0.05, 0.1) is 13.2 Å². The molecular formula is C16H17ClFNO. The van der Waals surface area contributed by atoms with Crippen molar-refractivity contribution in [3.63, 3.8) is 0 Å². The molecule has 0 fully saturated rings. The Hall–Kier alpha value is -1.58. The normalized spacial score (nSPS) is 12.2. The molecule has 0 aliphatic rings. The molecule has 0 aliphatic heterocycles. The van der Waals surface area contributed by atoms with E-state index in [1.165, 1.54) is 13.2 Å². The Morgan fingerprint density at radius 2 is 2.00 bits per heavy atom. The number of nitrogens with one attached hydrogen (secondary N) is 1. The summed E-state index contributed by atoms with van der Waals surface area (Å²) < 4.78 is 18.6. The van der Waals surface area contributed by atoms with Gasteiger partial charge in [-0.15, -0.1) is 0 Å². The Morgan fingerprint density at radius 1 is 1.25 bits per heavy atom. The van der Waals surface area contributed by atoms with Crippen molar-refractivity contribution in [3.05, 3.63) is 64.4 Å². The Morgan fingerprint density at radius 3 is 2.65 bits per heavy atom. The molecular weight excluding hydrogens is 277 g/mol. The van der Waals surface area contributed by atoms with Crippen molar-refractivity contribution in [2.24, 2.45) is 0 Å². The van der Waals surface area contributed by atoms with Crippen molar-refractivity contribution in [2.45, 2.75) is 13.0 Å². The van der Waals surface area contributed by atoms with Crippen molar-refractivity contribution >= 4 is 11.6 Å². The molecule has 2 aromatic carbocycles. The quantitative estimate of drug-likeness (QED) is 0.892. The second-order valence-electron chi connectivity index (χ2n) is 4.41. The van der Waals surface area contributed by atoms with Crippen LogP contribution in [-0.4, -0.2) is 13.7 Å². The van der Waals surface area contributed by atoms with Gasteiger partial charge in [-0.1, -0.05) is 42.8 Å². The van der Waals surface area contributed by atoms with Crippen molar-refractivity contribution < 1.29 is 9.13 Å². The van der Waals surface area contributed by atoms with Gasteiger partial charge in [0, 0.05) is 5.02 Å². The second kappa shape index (κ2) is 6.73. The summed E-state index contributed by atoms with van der Waals surface area (Å²) in [5.74, 6) is -0.136. The highest BCUT2D eigenvalue weighted by Crippen LogP contribution is 2.30. The summed E-state index contributed by atoms with van der Waals surface area (Å²) in [6.07, 6.45) is 0. The number of hydrogen-bond acceptors (Lipinski definition) is 2. The number of hydrogen-bond donors (Lipinski definition) is 1. The zero-order valence-electron chi connectivity index (χ0n) is 11.5. The third-order valence-corrected chi connectivity index (χ3v) is 3.48. The van der Waals surface area contributed by atoms with Gasteiger partial charge in [0.2, 0.25) is 0 Å². The van der Waals surface area contributed by atoms with Crippen LogP contribution in [-0.2, 0) is 0 Å². The van der Waals surface area contributed by atoms with Crippen molar-refractivity contribution in [2.75, 3.05) is 13.7 Å². The van der Waals surface area contributed by atoms with Gasteiger partial charge in [-0.25, -0.2) is 4.39 Å². The van der Waals surface area contributed by atoms with E-state index in [2.05, 4.69) is 5.32 Å². The van der Waals surface area contributed by atoms with Crippen LogP contribution in [0.5, 0.6) is 5.75 Å². The van der Waals surface area contributed by atoms with E-state index < -0.39 is 0 Å². The van der Waals surface area contributed by atoms with Crippen LogP contribution < -0.4 is 10.1 Å². The molecule has 0 aromatic heterocycles. The van der Waals surface area contributed by atoms with Crippen molar-refractivity contribution in [1.29, 1.82) is 0 Å². The van der Waals surface area contributed by atoms with Gasteiger partial charge >= 0.3 is 0 Å². The molecule has 0 radical (unpaired) electrons. The SMILES string of the molecule is CCNC(c1ccc(F)c(OC)c1)c1ccccc1Cl. The van der Waals surface area contributed by atoms with Gasteiger partial charge in [0.1, 0.15) is 0 Å². The summed E-state index contributed by atoms with van der Waals surface area (Å²) in [5, 5.41) is 4.05. The van der Waals surface area contributed by atoms with Crippen LogP contribution in [0.25, 0.3) is 0 Å². The predicted molar refractivity (Wildman–Crippen MR) is 79.9 cm³/mol. The zero-order valence-corrected chi connectivity index (χ0v) is 12.2. The van der Waals surface area contributed by atoms with Crippen LogP contribution in [0.3, 0.4) is 0 Å². The van der Waals surface area contributed by atoms with Crippen LogP contribution in [0.15, 0.2) is 42.5 Å². The average molecular weight is 294 g/mol. The topological polar surface area (TPSA) is 21.3 Å². The lowest BCUT2D eigenvalue weighted by atomic mass is 9.98. The monoisotopic (exact) mass is 293 g/mol. The molecule has 1 atom stereocenters. The molecule has 0 bridgehead atoms. The first-order chi connectivity index (χ1) is 9.67. The molecule has 0 spiro atoms. The molecule has 1 N–H and O–H groups in total. The summed E-state index contributed by atoms with van der Waals surface area (Å²) in [5.41, 5.74) is 1.88. The fourth-order valence-corrected chi connectivity index (χ4v) is 2.42. The fourth-order valence-electron chi connectivity index (χ4n) is 2.18. The number of methoxy groups -OCH3 is 1. The number of ether oxygens (including phenoxy) is 1. The van der Waals surface area contributed by atoms with Gasteiger partial charge in [-0.3, -0.25) is 0 Å². The molecule has 0 amide bonds. The van der Waals surface area contributed by atoms with Gasteiger partial charge in [-0.05, 0) is 35.9 Å². The lowest BCUT2D eigenvalue weighted by molar-refractivity contribution is 0.385. The number of benzene rings is 2. The molecule has 2 nitrogen and oxygen atoms in total. The molecule has 2 rings (SSSR count). The van der Waals surface area contributed by atoms with Gasteiger partial charge < -0.3 is 10.1 Å². The average Bonchev–Trinajstić information content (AvgIpc) is 2.46. The molecule has 2 aromatic rings. The predicted octanol–water partition coefficient (Wildman–Crippen LogP) is 4.19. The van der Waals surface area contributed by atoms with Crippen molar-refractivity contribution in [3.8, 4) is 5.75 Å². The highest BCUT2D eigenvalue weighted by molar-refractivity contribution is 6.31. The van der Waals surface area contributed by atoms with Crippen LogP contribution >= 0.6 is 11.6 Å². The summed E-state index contributed by atoms with van der Waals surface area (Å²) in [7, 11) is 1.46. The molecule has 20 heavy (non-hydrogen) atoms. The lowest BCUT2D eigenvalue weighted by Gasteiger charge is -2.20. The first-order valence-electron chi connectivity index (χ1n) is 6.48. The first kappa shape index (κ1) is 14.8. The minimum atomic E-state index is -0.370. The highest BCUT2D eigenvalue weighted by Gasteiger charge is 2.17. The fraction of sp³-hybridized carbons (Fsp3) is 0.250. The van der Waals surface area contributed by atoms with E-state index in [1.54, 1.807) is 12.1 Å². The highest BCUT2D eigenvalue weighted by atomic mass is 35.5. The molecule has 1 unspecified atom stereocenters. The molecule has 0 aliphatic carbocycles. The van der Waals surface area contributed by atoms with Gasteiger partial charge in [0.15, 0.2) is 11.6 Å². The lowest BCUT2D eigenvalue weighted by Crippen LogP contribution is -2.22. The number of rotatable bonds is 5. The van der Waals surface area contributed by atoms with E-state index in [9.17, 15) is 4.39 Å². The first-order valence-corrected chi connectivity index (χ1v) is 6.86. The summed E-state index contributed by atoms with van der Waals surface area (Å²) in [6.45, 7) is 2.79. The van der Waals surface area contributed by atoms with Gasteiger partial charge in [-0.2, -0.15) is 0 Å². The molecule has 4 heteroatoms. The Labute approximate surface area is 123 Å². The summed E-state index contributed by atoms with van der Waals surface area (Å²) in [6, 6.07) is 12.4. The van der Waals surface area contributed by atoms with E-state index in [0.29, 0.717) is 5.02 Å². The summed E-state index contributed by atoms with van der Waals surface area (Å²) in [4.78, 5) is 0. The summed E-state index contributed by atoms with van der Waals surface area (Å²) >= 11 is 6.26. The van der Waals surface area contributed by atoms with Crippen molar-refractivity contribution in [1.82, 2.24) is 5.32 Å². The van der Waals surface area contributed by atoms with Crippen LogP contribution in [0.1, 0.15) is 24.1 Å². The second-order valence-corrected chi connectivity index (χ2v) is 4.81. The third-order valence-electron chi connectivity index (χ3n) is 3.13. The van der Waals surface area contributed by atoms with Crippen LogP contribution in [0, 0.1) is 5.82 Å². The smallest absolute Gasteiger partial charge is 0.165 e. The minimum absolute atomic E-state index is 0.0943. The minimum Gasteiger partial charge on any atom is -0.494 e. The maximum absolute atomic E-state index is 13.5. The third kappa shape index (κ3) is 3.11. The molecule has 0 saturated heterocycles. The Kier molecular flexibility index (Phi) is 4.99. The molecule has 0 heterocycles. The zero-order chi connectivity index (χ0) is 14.5. The van der Waals surface area contributed by atoms with E-state index in [-0.39, 0.29) is 17.6 Å². The van der Waals surface area contributed by atoms with E-state index in [4.69, 9.17) is 16.3 Å². The Balaban J connectivity index is 2.46. The maximum Gasteiger partial charge on any atom is 0.165 e. The molecule has 0 saturated carbocycles. The Bertz CT molecular complexity index is 588. The van der Waals surface area contributed by atoms with E-state index >= 15 is 0 Å². The van der Waals surface area contributed by atoms with Gasteiger partial charge in [0.25, 0.3) is 0 Å². The molecule has 106 valence electrons. The largest absolute Gasteiger partial charge is 0.494 e. The van der Waals surface area contributed by atoms with E-state index in [0.717, 1.165) is 17.7 Å². The van der Waals surface area contributed by atoms with E-state index in [1.807, 2.05) is 31.2 Å². The standard InChI is InChI=1S/C16H17ClFNO/c1-3-19-16(12-6-4-5-7-13(12)17)11-8-9-14(18)15(10-11)20-2/h4-10,16,19H,3H2,1-2H3. The van der Waals surface area contributed by atoms with Crippen LogP contribution in [0.2, 0.25) is 5.02 Å². The number of halogens is 2. The van der Waals surface area contributed by atoms with Crippen LogP contribution in [0.4, 0.5) is 4.39 Å².